The van der Waals surface area contributed by atoms with Gasteiger partial charge in [-0.3, -0.25) is 9.59 Å². The van der Waals surface area contributed by atoms with Gasteiger partial charge in [0.2, 0.25) is 5.91 Å². The Morgan fingerprint density at radius 3 is 2.37 bits per heavy atom. The first-order chi connectivity index (χ1) is 8.97. The lowest BCUT2D eigenvalue weighted by Gasteiger charge is -2.12. The maximum absolute atomic E-state index is 13.3. The van der Waals surface area contributed by atoms with Crippen LogP contribution in [0.15, 0.2) is 17.2 Å². The third-order valence-corrected chi connectivity index (χ3v) is 2.41. The summed E-state index contributed by atoms with van der Waals surface area (Å²) < 4.78 is 39.3. The summed E-state index contributed by atoms with van der Waals surface area (Å²) in [5.74, 6) is -4.76. The number of benzene rings is 1. The molecular weight excluding hydrogens is 263 g/mol. The molecule has 0 bridgehead atoms. The normalized spacial score (nSPS) is 14.7. The van der Waals surface area contributed by atoms with Gasteiger partial charge in [0.1, 0.15) is 17.2 Å². The maximum Gasteiger partial charge on any atom is 0.272 e. The number of hydrogen-bond acceptors (Lipinski definition) is 3. The van der Waals surface area contributed by atoms with Crippen LogP contribution in [-0.2, 0) is 9.59 Å². The molecule has 2 N–H and O–H groups in total. The number of hydrogen-bond donors (Lipinski definition) is 2. The number of carbonyl (C=O) groups excluding carboxylic acids is 2. The van der Waals surface area contributed by atoms with Crippen molar-refractivity contribution in [2.45, 2.75) is 12.8 Å². The monoisotopic (exact) mass is 271 g/mol. The summed E-state index contributed by atoms with van der Waals surface area (Å²) in [4.78, 5) is 22.5. The van der Waals surface area contributed by atoms with E-state index in [1.165, 1.54) is 0 Å². The summed E-state index contributed by atoms with van der Waals surface area (Å²) in [5, 5.41) is 5.42. The number of halogens is 3. The van der Waals surface area contributed by atoms with E-state index < -0.39 is 29.0 Å². The van der Waals surface area contributed by atoms with Gasteiger partial charge >= 0.3 is 0 Å². The molecule has 2 rings (SSSR count). The van der Waals surface area contributed by atoms with Gasteiger partial charge in [-0.25, -0.2) is 18.6 Å². The van der Waals surface area contributed by atoms with Crippen LogP contribution in [0.1, 0.15) is 12.8 Å². The van der Waals surface area contributed by atoms with Gasteiger partial charge < -0.3 is 5.32 Å². The van der Waals surface area contributed by atoms with E-state index >= 15 is 0 Å². The molecule has 0 radical (unpaired) electrons. The zero-order valence-electron chi connectivity index (χ0n) is 9.47. The smallest absolute Gasteiger partial charge is 0.272 e. The van der Waals surface area contributed by atoms with Crippen molar-refractivity contribution in [1.29, 1.82) is 0 Å². The van der Waals surface area contributed by atoms with Crippen molar-refractivity contribution in [3.8, 4) is 0 Å². The van der Waals surface area contributed by atoms with E-state index in [1.807, 2.05) is 5.32 Å². The molecule has 0 spiro atoms. The van der Waals surface area contributed by atoms with E-state index in [4.69, 9.17) is 0 Å². The van der Waals surface area contributed by atoms with Gasteiger partial charge in [-0.15, -0.1) is 0 Å². The average molecular weight is 271 g/mol. The van der Waals surface area contributed by atoms with E-state index in [0.29, 0.717) is 12.1 Å². The average Bonchev–Trinajstić information content (AvgIpc) is 2.34. The maximum atomic E-state index is 13.3. The Labute approximate surface area is 105 Å². The van der Waals surface area contributed by atoms with Crippen molar-refractivity contribution < 1.29 is 22.8 Å². The first kappa shape index (κ1) is 13.1. The fourth-order valence-corrected chi connectivity index (χ4v) is 1.49. The summed E-state index contributed by atoms with van der Waals surface area (Å²) in [6.45, 7) is 0. The van der Waals surface area contributed by atoms with Gasteiger partial charge in [-0.1, -0.05) is 0 Å². The first-order valence-corrected chi connectivity index (χ1v) is 5.28. The second-order valence-corrected chi connectivity index (χ2v) is 3.79. The zero-order valence-corrected chi connectivity index (χ0v) is 9.47. The Hall–Kier alpha value is -2.38. The molecule has 2 amide bonds. The van der Waals surface area contributed by atoms with Crippen LogP contribution in [0.2, 0.25) is 0 Å². The minimum Gasteiger partial charge on any atom is -0.316 e. The van der Waals surface area contributed by atoms with E-state index in [-0.39, 0.29) is 24.5 Å². The van der Waals surface area contributed by atoms with Crippen LogP contribution in [0.4, 0.5) is 18.9 Å². The van der Waals surface area contributed by atoms with Crippen molar-refractivity contribution in [3.05, 3.63) is 29.6 Å². The van der Waals surface area contributed by atoms with Crippen molar-refractivity contribution in [2.75, 3.05) is 5.32 Å². The lowest BCUT2D eigenvalue weighted by atomic mass is 10.1. The van der Waals surface area contributed by atoms with Crippen molar-refractivity contribution in [2.24, 2.45) is 5.10 Å². The molecule has 8 heteroatoms. The largest absolute Gasteiger partial charge is 0.316 e. The summed E-state index contributed by atoms with van der Waals surface area (Å²) in [5.41, 5.74) is 1.25. The van der Waals surface area contributed by atoms with Crippen molar-refractivity contribution >= 4 is 23.2 Å². The number of nitrogens with zero attached hydrogens (tertiary/aromatic N) is 1. The Balaban J connectivity index is 2.18. The fraction of sp³-hybridized carbons (Fsp3) is 0.182. The SMILES string of the molecule is O=C1CCC(C(=O)Nc2c(F)cc(F)cc2F)=NN1. The van der Waals surface area contributed by atoms with Crippen LogP contribution in [-0.4, -0.2) is 17.5 Å². The number of hydrazone groups is 1. The number of anilines is 1. The lowest BCUT2D eigenvalue weighted by Crippen LogP contribution is -2.33. The van der Waals surface area contributed by atoms with Gasteiger partial charge in [-0.2, -0.15) is 5.10 Å². The molecule has 0 atom stereocenters. The highest BCUT2D eigenvalue weighted by molar-refractivity contribution is 6.43. The minimum atomic E-state index is -1.23. The van der Waals surface area contributed by atoms with Gasteiger partial charge in [0, 0.05) is 25.0 Å². The Morgan fingerprint density at radius 2 is 1.84 bits per heavy atom. The lowest BCUT2D eigenvalue weighted by molar-refractivity contribution is -0.121. The molecule has 19 heavy (non-hydrogen) atoms. The molecule has 1 heterocycles. The van der Waals surface area contributed by atoms with E-state index in [9.17, 15) is 22.8 Å². The number of rotatable bonds is 2. The molecule has 0 saturated heterocycles. The zero-order chi connectivity index (χ0) is 14.0. The summed E-state index contributed by atoms with van der Waals surface area (Å²) in [6.07, 6.45) is 0.114. The summed E-state index contributed by atoms with van der Waals surface area (Å²) >= 11 is 0. The quantitative estimate of drug-likeness (QED) is 0.851. The standard InChI is InChI=1S/C11H8F3N3O2/c12-5-3-6(13)10(7(14)4-5)15-11(19)8-1-2-9(18)17-16-8/h3-4H,1-2H2,(H,15,19)(H,17,18). The third-order valence-electron chi connectivity index (χ3n) is 2.41. The number of carbonyl (C=O) groups is 2. The second-order valence-electron chi connectivity index (χ2n) is 3.79. The van der Waals surface area contributed by atoms with Crippen LogP contribution in [0.3, 0.4) is 0 Å². The molecular formula is C11H8F3N3O2. The molecule has 0 saturated carbocycles. The predicted octanol–water partition coefficient (Wildman–Crippen LogP) is 1.31. The van der Waals surface area contributed by atoms with Gasteiger partial charge in [0.05, 0.1) is 0 Å². The Bertz CT molecular complexity index is 564. The highest BCUT2D eigenvalue weighted by Crippen LogP contribution is 2.20. The first-order valence-electron chi connectivity index (χ1n) is 5.28. The topological polar surface area (TPSA) is 70.6 Å². The van der Waals surface area contributed by atoms with E-state index in [1.54, 1.807) is 0 Å². The molecule has 1 aliphatic rings. The molecule has 0 aliphatic carbocycles. The molecule has 1 aromatic carbocycles. The van der Waals surface area contributed by atoms with E-state index in [0.717, 1.165) is 0 Å². The Morgan fingerprint density at radius 1 is 1.21 bits per heavy atom. The molecule has 100 valence electrons. The fourth-order valence-electron chi connectivity index (χ4n) is 1.49. The van der Waals surface area contributed by atoms with Gasteiger partial charge in [0.25, 0.3) is 5.91 Å². The number of amides is 2. The van der Waals surface area contributed by atoms with Crippen molar-refractivity contribution in [3.63, 3.8) is 0 Å². The molecule has 0 unspecified atom stereocenters. The number of nitrogens with one attached hydrogen (secondary N) is 2. The Kier molecular flexibility index (Phi) is 3.50. The van der Waals surface area contributed by atoms with Crippen LogP contribution >= 0.6 is 0 Å². The molecule has 1 aliphatic heterocycles. The highest BCUT2D eigenvalue weighted by Gasteiger charge is 2.21. The molecule has 0 fully saturated rings. The van der Waals surface area contributed by atoms with Crippen molar-refractivity contribution in [1.82, 2.24) is 5.43 Å². The predicted molar refractivity (Wildman–Crippen MR) is 59.8 cm³/mol. The van der Waals surface area contributed by atoms with Crippen LogP contribution in [0.25, 0.3) is 0 Å². The van der Waals surface area contributed by atoms with Gasteiger partial charge in [-0.05, 0) is 0 Å². The summed E-state index contributed by atoms with van der Waals surface area (Å²) in [7, 11) is 0. The van der Waals surface area contributed by atoms with E-state index in [2.05, 4.69) is 10.5 Å². The highest BCUT2D eigenvalue weighted by atomic mass is 19.1. The molecule has 0 aromatic heterocycles. The minimum absolute atomic E-state index is 0.0562. The van der Waals surface area contributed by atoms with Crippen LogP contribution < -0.4 is 10.7 Å². The molecule has 1 aromatic rings. The summed E-state index contributed by atoms with van der Waals surface area (Å²) in [6, 6.07) is 0.895. The molecule has 5 nitrogen and oxygen atoms in total. The third kappa shape index (κ3) is 2.90. The van der Waals surface area contributed by atoms with Crippen LogP contribution in [0.5, 0.6) is 0 Å². The van der Waals surface area contributed by atoms with Gasteiger partial charge in [0.15, 0.2) is 11.6 Å². The second kappa shape index (κ2) is 5.09. The van der Waals surface area contributed by atoms with Crippen LogP contribution in [0, 0.1) is 17.5 Å².